The molecule has 0 aromatic heterocycles. The molecule has 0 saturated heterocycles. The monoisotopic (exact) mass is 280 g/mol. The van der Waals surface area contributed by atoms with Crippen molar-refractivity contribution in [1.82, 2.24) is 0 Å². The maximum atomic E-state index is 13.1. The Morgan fingerprint density at radius 3 is 2.37 bits per heavy atom. The van der Waals surface area contributed by atoms with Crippen molar-refractivity contribution in [2.45, 2.75) is 17.9 Å². The van der Waals surface area contributed by atoms with Gasteiger partial charge in [-0.05, 0) is 36.8 Å². The zero-order valence-corrected chi connectivity index (χ0v) is 11.3. The highest BCUT2D eigenvalue weighted by Crippen LogP contribution is 2.25. The van der Waals surface area contributed by atoms with Crippen LogP contribution in [0.15, 0.2) is 47.4 Å². The van der Waals surface area contributed by atoms with Crippen molar-refractivity contribution in [3.63, 3.8) is 0 Å². The minimum absolute atomic E-state index is 0.388. The number of aryl methyl sites for hydroxylation is 1. The summed E-state index contributed by atoms with van der Waals surface area (Å²) in [5.74, 6) is -1.44. The molecule has 2 aromatic carbocycles. The summed E-state index contributed by atoms with van der Waals surface area (Å²) >= 11 is 1.48. The predicted molar refractivity (Wildman–Crippen MR) is 73.2 cm³/mol. The molecule has 1 unspecified atom stereocenters. The maximum Gasteiger partial charge on any atom is 0.159 e. The van der Waals surface area contributed by atoms with Crippen molar-refractivity contribution in [3.05, 3.63) is 65.2 Å². The molecule has 0 heterocycles. The molecule has 0 spiro atoms. The van der Waals surface area contributed by atoms with Gasteiger partial charge in [-0.2, -0.15) is 0 Å². The van der Waals surface area contributed by atoms with E-state index in [4.69, 9.17) is 0 Å². The average Bonchev–Trinajstić information content (AvgIpc) is 2.41. The molecule has 1 nitrogen and oxygen atoms in total. The fraction of sp³-hybridized carbons (Fsp3) is 0.200. The summed E-state index contributed by atoms with van der Waals surface area (Å²) in [4.78, 5) is 1.03. The average molecular weight is 280 g/mol. The summed E-state index contributed by atoms with van der Waals surface area (Å²) < 4.78 is 25.8. The molecule has 0 fully saturated rings. The van der Waals surface area contributed by atoms with Gasteiger partial charge in [0.1, 0.15) is 0 Å². The number of aliphatic hydroxyl groups is 1. The van der Waals surface area contributed by atoms with Crippen LogP contribution < -0.4 is 0 Å². The molecular formula is C15H14F2OS. The van der Waals surface area contributed by atoms with E-state index in [9.17, 15) is 13.9 Å². The number of benzene rings is 2. The van der Waals surface area contributed by atoms with E-state index < -0.39 is 17.7 Å². The van der Waals surface area contributed by atoms with Crippen molar-refractivity contribution in [3.8, 4) is 0 Å². The van der Waals surface area contributed by atoms with Gasteiger partial charge in [-0.3, -0.25) is 0 Å². The highest BCUT2D eigenvalue weighted by Gasteiger charge is 2.11. The molecule has 1 N–H and O–H groups in total. The van der Waals surface area contributed by atoms with Crippen LogP contribution in [0, 0.1) is 18.6 Å². The first-order valence-corrected chi connectivity index (χ1v) is 6.87. The van der Waals surface area contributed by atoms with Crippen LogP contribution in [0.1, 0.15) is 17.2 Å². The molecule has 19 heavy (non-hydrogen) atoms. The van der Waals surface area contributed by atoms with Gasteiger partial charge < -0.3 is 5.11 Å². The molecule has 2 rings (SSSR count). The molecule has 0 radical (unpaired) electrons. The molecule has 2 aromatic rings. The quantitative estimate of drug-likeness (QED) is 0.851. The lowest BCUT2D eigenvalue weighted by Crippen LogP contribution is -2.01. The van der Waals surface area contributed by atoms with Crippen molar-refractivity contribution >= 4 is 11.8 Å². The van der Waals surface area contributed by atoms with Crippen LogP contribution >= 0.6 is 11.8 Å². The smallest absolute Gasteiger partial charge is 0.159 e. The zero-order valence-electron chi connectivity index (χ0n) is 10.4. The van der Waals surface area contributed by atoms with Crippen LogP contribution in [0.5, 0.6) is 0 Å². The van der Waals surface area contributed by atoms with Crippen molar-refractivity contribution < 1.29 is 13.9 Å². The van der Waals surface area contributed by atoms with E-state index >= 15 is 0 Å². The zero-order chi connectivity index (χ0) is 13.8. The SMILES string of the molecule is Cc1ccc(SCC(O)c2ccc(F)c(F)c2)cc1. The van der Waals surface area contributed by atoms with E-state index in [1.807, 2.05) is 31.2 Å². The van der Waals surface area contributed by atoms with Gasteiger partial charge in [0.2, 0.25) is 0 Å². The molecule has 0 aliphatic rings. The second-order valence-electron chi connectivity index (χ2n) is 4.31. The van der Waals surface area contributed by atoms with Crippen LogP contribution in [0.4, 0.5) is 8.78 Å². The molecule has 0 aliphatic heterocycles. The Kier molecular flexibility index (Phi) is 4.56. The van der Waals surface area contributed by atoms with E-state index in [0.717, 1.165) is 17.0 Å². The third kappa shape index (κ3) is 3.78. The van der Waals surface area contributed by atoms with Crippen LogP contribution in [0.25, 0.3) is 0 Å². The summed E-state index contributed by atoms with van der Waals surface area (Å²) in [6, 6.07) is 11.4. The Morgan fingerprint density at radius 1 is 1.05 bits per heavy atom. The highest BCUT2D eigenvalue weighted by molar-refractivity contribution is 7.99. The number of hydrogen-bond acceptors (Lipinski definition) is 2. The first-order chi connectivity index (χ1) is 9.06. The third-order valence-electron chi connectivity index (χ3n) is 2.76. The van der Waals surface area contributed by atoms with E-state index in [2.05, 4.69) is 0 Å². The topological polar surface area (TPSA) is 20.2 Å². The van der Waals surface area contributed by atoms with Gasteiger partial charge in [-0.25, -0.2) is 8.78 Å². The van der Waals surface area contributed by atoms with E-state index in [0.29, 0.717) is 11.3 Å². The Bertz CT molecular complexity index is 555. The maximum absolute atomic E-state index is 13.1. The predicted octanol–water partition coefficient (Wildman–Crippen LogP) is 4.10. The van der Waals surface area contributed by atoms with Crippen molar-refractivity contribution in [2.75, 3.05) is 5.75 Å². The van der Waals surface area contributed by atoms with Gasteiger partial charge in [0.05, 0.1) is 6.10 Å². The number of halogens is 2. The van der Waals surface area contributed by atoms with Gasteiger partial charge >= 0.3 is 0 Å². The van der Waals surface area contributed by atoms with E-state index in [1.165, 1.54) is 23.4 Å². The number of aliphatic hydroxyl groups excluding tert-OH is 1. The van der Waals surface area contributed by atoms with Crippen LogP contribution in [0.3, 0.4) is 0 Å². The Morgan fingerprint density at radius 2 is 1.74 bits per heavy atom. The summed E-state index contributed by atoms with van der Waals surface area (Å²) in [6.45, 7) is 2.00. The fourth-order valence-electron chi connectivity index (χ4n) is 1.63. The van der Waals surface area contributed by atoms with Gasteiger partial charge in [0.15, 0.2) is 11.6 Å². The van der Waals surface area contributed by atoms with Gasteiger partial charge in [-0.15, -0.1) is 11.8 Å². The van der Waals surface area contributed by atoms with Crippen LogP contribution in [-0.2, 0) is 0 Å². The Labute approximate surface area is 115 Å². The summed E-state index contributed by atoms with van der Waals surface area (Å²) in [5.41, 5.74) is 1.56. The van der Waals surface area contributed by atoms with Gasteiger partial charge in [0.25, 0.3) is 0 Å². The third-order valence-corrected chi connectivity index (χ3v) is 3.85. The minimum atomic E-state index is -0.933. The number of hydrogen-bond donors (Lipinski definition) is 1. The van der Waals surface area contributed by atoms with Crippen molar-refractivity contribution in [1.29, 1.82) is 0 Å². The van der Waals surface area contributed by atoms with E-state index in [1.54, 1.807) is 0 Å². The molecule has 100 valence electrons. The second kappa shape index (κ2) is 6.17. The largest absolute Gasteiger partial charge is 0.388 e. The minimum Gasteiger partial charge on any atom is -0.388 e. The van der Waals surface area contributed by atoms with Gasteiger partial charge in [-0.1, -0.05) is 23.8 Å². The molecule has 0 aliphatic carbocycles. The molecule has 0 saturated carbocycles. The standard InChI is InChI=1S/C15H14F2OS/c1-10-2-5-12(6-3-10)19-9-15(18)11-4-7-13(16)14(17)8-11/h2-8,15,18H,9H2,1H3. The Hall–Kier alpha value is -1.39. The van der Waals surface area contributed by atoms with Gasteiger partial charge in [0, 0.05) is 10.6 Å². The molecule has 1 atom stereocenters. The van der Waals surface area contributed by atoms with Crippen LogP contribution in [-0.4, -0.2) is 10.9 Å². The lowest BCUT2D eigenvalue weighted by molar-refractivity contribution is 0.203. The molecule has 4 heteroatoms. The lowest BCUT2D eigenvalue weighted by atomic mass is 10.1. The highest BCUT2D eigenvalue weighted by atomic mass is 32.2. The summed E-state index contributed by atoms with van der Waals surface area (Å²) in [5, 5.41) is 9.94. The van der Waals surface area contributed by atoms with Crippen LogP contribution in [0.2, 0.25) is 0 Å². The molecular weight excluding hydrogens is 266 g/mol. The van der Waals surface area contributed by atoms with Crippen molar-refractivity contribution in [2.24, 2.45) is 0 Å². The first-order valence-electron chi connectivity index (χ1n) is 5.89. The molecule has 0 bridgehead atoms. The second-order valence-corrected chi connectivity index (χ2v) is 5.41. The normalized spacial score (nSPS) is 12.4. The first kappa shape index (κ1) is 14.0. The summed E-state index contributed by atoms with van der Waals surface area (Å²) in [7, 11) is 0. The van der Waals surface area contributed by atoms with E-state index in [-0.39, 0.29) is 0 Å². The summed E-state index contributed by atoms with van der Waals surface area (Å²) in [6.07, 6.45) is -0.818. The molecule has 0 amide bonds. The number of thioether (sulfide) groups is 1. The lowest BCUT2D eigenvalue weighted by Gasteiger charge is -2.11. The fourth-order valence-corrected chi connectivity index (χ4v) is 2.50. The number of rotatable bonds is 4. The Balaban J connectivity index is 1.98.